The van der Waals surface area contributed by atoms with E-state index < -0.39 is 0 Å². The van der Waals surface area contributed by atoms with Gasteiger partial charge in [-0.15, -0.1) is 5.10 Å². The summed E-state index contributed by atoms with van der Waals surface area (Å²) >= 11 is 0. The lowest BCUT2D eigenvalue weighted by Crippen LogP contribution is -2.33. The molecule has 1 fully saturated rings. The molecule has 1 aromatic carbocycles. The van der Waals surface area contributed by atoms with Crippen LogP contribution in [0.4, 0.5) is 0 Å². The number of methoxy groups -OCH3 is 1. The van der Waals surface area contributed by atoms with Gasteiger partial charge in [0.2, 0.25) is 5.91 Å². The summed E-state index contributed by atoms with van der Waals surface area (Å²) in [4.78, 5) is 11.3. The van der Waals surface area contributed by atoms with Gasteiger partial charge in [-0.1, -0.05) is 11.8 Å². The molecule has 1 amide bonds. The average Bonchev–Trinajstić information content (AvgIpc) is 2.97. The minimum Gasteiger partial charge on any atom is -0.497 e. The fourth-order valence-corrected chi connectivity index (χ4v) is 2.38. The molecule has 1 aromatic heterocycles. The first kappa shape index (κ1) is 13.4. The number of hydrogen-bond donors (Lipinski definition) is 1. The number of nitrogens with zero attached hydrogens (tertiary/aromatic N) is 3. The van der Waals surface area contributed by atoms with Crippen molar-refractivity contribution in [1.29, 1.82) is 0 Å². The lowest BCUT2D eigenvalue weighted by atomic mass is 10.0. The van der Waals surface area contributed by atoms with Gasteiger partial charge in [-0.25, -0.2) is 4.68 Å². The summed E-state index contributed by atoms with van der Waals surface area (Å²) in [7, 11) is 1.63. The molecule has 2 aromatic rings. The van der Waals surface area contributed by atoms with Crippen LogP contribution in [0.25, 0.3) is 11.3 Å². The van der Waals surface area contributed by atoms with Crippen LogP contribution in [0.15, 0.2) is 42.7 Å². The highest BCUT2D eigenvalue weighted by molar-refractivity contribution is 5.79. The third kappa shape index (κ3) is 2.65. The van der Waals surface area contributed by atoms with Crippen molar-refractivity contribution in [2.45, 2.75) is 18.9 Å². The molecule has 1 aliphatic heterocycles. The Kier molecular flexibility index (Phi) is 3.43. The number of amides is 1. The molecule has 21 heavy (non-hydrogen) atoms. The molecule has 0 bridgehead atoms. The Bertz CT molecular complexity index is 675. The van der Waals surface area contributed by atoms with Crippen LogP contribution in [0.5, 0.6) is 5.75 Å². The number of benzene rings is 1. The molecular weight excluding hydrogens is 268 g/mol. The Labute approximate surface area is 122 Å². The fourth-order valence-electron chi connectivity index (χ4n) is 2.38. The second-order valence-electron chi connectivity index (χ2n) is 4.94. The molecule has 1 saturated heterocycles. The normalized spacial score (nSPS) is 18.4. The molecule has 0 aliphatic carbocycles. The van der Waals surface area contributed by atoms with E-state index in [4.69, 9.17) is 4.74 Å². The maximum Gasteiger partial charge on any atom is 0.224 e. The number of piperidine rings is 1. The van der Waals surface area contributed by atoms with E-state index in [9.17, 15) is 4.79 Å². The summed E-state index contributed by atoms with van der Waals surface area (Å²) in [6, 6.07) is 7.60. The van der Waals surface area contributed by atoms with E-state index in [0.717, 1.165) is 17.0 Å². The van der Waals surface area contributed by atoms with E-state index in [2.05, 4.69) is 22.2 Å². The minimum absolute atomic E-state index is 0.00624. The Morgan fingerprint density at radius 1 is 1.38 bits per heavy atom. The maximum absolute atomic E-state index is 11.3. The average molecular weight is 284 g/mol. The second-order valence-corrected chi connectivity index (χ2v) is 4.94. The molecule has 108 valence electrons. The summed E-state index contributed by atoms with van der Waals surface area (Å²) < 4.78 is 6.89. The zero-order valence-corrected chi connectivity index (χ0v) is 11.7. The zero-order valence-electron chi connectivity index (χ0n) is 11.7. The molecular formula is C15H16N4O2. The van der Waals surface area contributed by atoms with Gasteiger partial charge < -0.3 is 10.1 Å². The van der Waals surface area contributed by atoms with Gasteiger partial charge in [-0.05, 0) is 30.7 Å². The molecule has 1 atom stereocenters. The van der Waals surface area contributed by atoms with Gasteiger partial charge in [0.25, 0.3) is 0 Å². The number of carbonyl (C=O) groups excluding carboxylic acids is 1. The molecule has 1 N–H and O–H groups in total. The van der Waals surface area contributed by atoms with Crippen LogP contribution in [-0.4, -0.2) is 28.0 Å². The van der Waals surface area contributed by atoms with Crippen molar-refractivity contribution in [3.63, 3.8) is 0 Å². The smallest absolute Gasteiger partial charge is 0.224 e. The van der Waals surface area contributed by atoms with Crippen molar-refractivity contribution >= 4 is 5.91 Å². The lowest BCUT2D eigenvalue weighted by molar-refractivity contribution is -0.121. The van der Waals surface area contributed by atoms with Gasteiger partial charge in [0.15, 0.2) is 0 Å². The van der Waals surface area contributed by atoms with Crippen molar-refractivity contribution in [2.24, 2.45) is 0 Å². The molecule has 6 heteroatoms. The Morgan fingerprint density at radius 3 is 2.81 bits per heavy atom. The Balaban J connectivity index is 1.82. The molecule has 0 radical (unpaired) electrons. The topological polar surface area (TPSA) is 69.0 Å². The van der Waals surface area contributed by atoms with Gasteiger partial charge in [0.1, 0.15) is 11.4 Å². The van der Waals surface area contributed by atoms with Crippen molar-refractivity contribution in [2.75, 3.05) is 7.11 Å². The van der Waals surface area contributed by atoms with Crippen LogP contribution >= 0.6 is 0 Å². The van der Waals surface area contributed by atoms with Crippen molar-refractivity contribution < 1.29 is 9.53 Å². The SMILES string of the molecule is C=C1NC(=O)CCC1n1cc(-c2ccc(OC)cc2)nn1. The van der Waals surface area contributed by atoms with Gasteiger partial charge in [0, 0.05) is 17.7 Å². The molecule has 1 aliphatic rings. The number of ether oxygens (including phenoxy) is 1. The number of hydrogen-bond acceptors (Lipinski definition) is 4. The number of carbonyl (C=O) groups is 1. The predicted octanol–water partition coefficient (Wildman–Crippen LogP) is 1.92. The summed E-state index contributed by atoms with van der Waals surface area (Å²) in [5, 5.41) is 11.1. The summed E-state index contributed by atoms with van der Waals surface area (Å²) in [5.41, 5.74) is 2.41. The van der Waals surface area contributed by atoms with E-state index in [0.29, 0.717) is 18.5 Å². The highest BCUT2D eigenvalue weighted by Crippen LogP contribution is 2.26. The van der Waals surface area contributed by atoms with Crippen LogP contribution in [0.2, 0.25) is 0 Å². The largest absolute Gasteiger partial charge is 0.497 e. The number of rotatable bonds is 3. The zero-order chi connectivity index (χ0) is 14.8. The first-order valence-electron chi connectivity index (χ1n) is 6.72. The Hall–Kier alpha value is -2.63. The predicted molar refractivity (Wildman–Crippen MR) is 77.6 cm³/mol. The van der Waals surface area contributed by atoms with Crippen molar-refractivity contribution in [3.05, 3.63) is 42.7 Å². The molecule has 1 unspecified atom stereocenters. The highest BCUT2D eigenvalue weighted by Gasteiger charge is 2.24. The molecule has 0 spiro atoms. The quantitative estimate of drug-likeness (QED) is 0.935. The lowest BCUT2D eigenvalue weighted by Gasteiger charge is -2.24. The van der Waals surface area contributed by atoms with Crippen LogP contribution in [0, 0.1) is 0 Å². The summed E-state index contributed by atoms with van der Waals surface area (Å²) in [5.74, 6) is 0.807. The molecule has 0 saturated carbocycles. The minimum atomic E-state index is -0.0396. The monoisotopic (exact) mass is 284 g/mol. The van der Waals surface area contributed by atoms with E-state index in [1.165, 1.54) is 0 Å². The Morgan fingerprint density at radius 2 is 2.14 bits per heavy atom. The van der Waals surface area contributed by atoms with Crippen LogP contribution in [-0.2, 0) is 4.79 Å². The molecule has 6 nitrogen and oxygen atoms in total. The number of allylic oxidation sites excluding steroid dienone is 1. The van der Waals surface area contributed by atoms with Gasteiger partial charge in [-0.2, -0.15) is 0 Å². The van der Waals surface area contributed by atoms with E-state index in [1.807, 2.05) is 30.5 Å². The fraction of sp³-hybridized carbons (Fsp3) is 0.267. The van der Waals surface area contributed by atoms with Crippen molar-refractivity contribution in [1.82, 2.24) is 20.3 Å². The summed E-state index contributed by atoms with van der Waals surface area (Å²) in [6.07, 6.45) is 3.03. The summed E-state index contributed by atoms with van der Waals surface area (Å²) in [6.45, 7) is 3.89. The van der Waals surface area contributed by atoms with E-state index in [1.54, 1.807) is 11.8 Å². The van der Waals surface area contributed by atoms with Crippen molar-refractivity contribution in [3.8, 4) is 17.0 Å². The van der Waals surface area contributed by atoms with E-state index >= 15 is 0 Å². The second kappa shape index (κ2) is 5.40. The molecule has 3 rings (SSSR count). The maximum atomic E-state index is 11.3. The van der Waals surface area contributed by atoms with Crippen LogP contribution in [0.3, 0.4) is 0 Å². The van der Waals surface area contributed by atoms with Gasteiger partial charge >= 0.3 is 0 Å². The number of aromatic nitrogens is 3. The first-order chi connectivity index (χ1) is 10.2. The molecule has 2 heterocycles. The van der Waals surface area contributed by atoms with E-state index in [-0.39, 0.29) is 11.9 Å². The first-order valence-corrected chi connectivity index (χ1v) is 6.72. The van der Waals surface area contributed by atoms with Crippen LogP contribution in [0.1, 0.15) is 18.9 Å². The standard InChI is InChI=1S/C15H16N4O2/c1-10-14(7-8-15(20)16-10)19-9-13(17-18-19)11-3-5-12(21-2)6-4-11/h3-6,9,14H,1,7-8H2,2H3,(H,16,20). The third-order valence-corrected chi connectivity index (χ3v) is 3.56. The number of nitrogens with one attached hydrogen (secondary N) is 1. The van der Waals surface area contributed by atoms with Crippen LogP contribution < -0.4 is 10.1 Å². The highest BCUT2D eigenvalue weighted by atomic mass is 16.5. The van der Waals surface area contributed by atoms with Gasteiger partial charge in [0.05, 0.1) is 19.3 Å². The third-order valence-electron chi connectivity index (χ3n) is 3.56. The van der Waals surface area contributed by atoms with Gasteiger partial charge in [-0.3, -0.25) is 4.79 Å².